The standard InChI is InChI=1S/C19H31N/c1-15(2)19(17-9-5-4-6-10-17)14-20-18-11-7-8-16(3)12-13-18/h4-6,9-10,15-16,18-20H,7-8,11-14H2,1-3H3. The Bertz CT molecular complexity index is 371. The molecule has 0 heterocycles. The van der Waals surface area contributed by atoms with Crippen LogP contribution in [0.3, 0.4) is 0 Å². The number of hydrogen-bond donors (Lipinski definition) is 1. The predicted octanol–water partition coefficient (Wildman–Crippen LogP) is 4.98. The molecule has 2 rings (SSSR count). The van der Waals surface area contributed by atoms with Crippen LogP contribution in [0.4, 0.5) is 0 Å². The predicted molar refractivity (Wildman–Crippen MR) is 88.1 cm³/mol. The highest BCUT2D eigenvalue weighted by Gasteiger charge is 2.19. The van der Waals surface area contributed by atoms with Gasteiger partial charge in [-0.25, -0.2) is 0 Å². The lowest BCUT2D eigenvalue weighted by Gasteiger charge is -2.25. The molecule has 0 radical (unpaired) electrons. The van der Waals surface area contributed by atoms with Crippen molar-refractivity contribution in [1.82, 2.24) is 5.32 Å². The van der Waals surface area contributed by atoms with Crippen molar-refractivity contribution in [3.63, 3.8) is 0 Å². The fourth-order valence-corrected chi connectivity index (χ4v) is 3.42. The SMILES string of the molecule is CC1CCCC(NCC(c2ccccc2)C(C)C)CC1. The maximum atomic E-state index is 3.86. The summed E-state index contributed by atoms with van der Waals surface area (Å²) < 4.78 is 0. The molecule has 112 valence electrons. The molecule has 1 aliphatic rings. The molecule has 1 aromatic rings. The molecule has 3 unspecified atom stereocenters. The van der Waals surface area contributed by atoms with E-state index in [0.29, 0.717) is 11.8 Å². The van der Waals surface area contributed by atoms with E-state index in [0.717, 1.165) is 18.5 Å². The molecule has 1 aromatic carbocycles. The van der Waals surface area contributed by atoms with Crippen LogP contribution in [-0.2, 0) is 0 Å². The van der Waals surface area contributed by atoms with Crippen LogP contribution in [0, 0.1) is 11.8 Å². The fourth-order valence-electron chi connectivity index (χ4n) is 3.42. The van der Waals surface area contributed by atoms with E-state index in [9.17, 15) is 0 Å². The molecule has 0 amide bonds. The highest BCUT2D eigenvalue weighted by atomic mass is 14.9. The normalized spacial score (nSPS) is 25.4. The van der Waals surface area contributed by atoms with Crippen LogP contribution in [0.1, 0.15) is 64.4 Å². The first-order valence-electron chi connectivity index (χ1n) is 8.45. The molecule has 1 N–H and O–H groups in total. The lowest BCUT2D eigenvalue weighted by molar-refractivity contribution is 0.394. The van der Waals surface area contributed by atoms with Crippen molar-refractivity contribution in [3.05, 3.63) is 35.9 Å². The average molecular weight is 273 g/mol. The van der Waals surface area contributed by atoms with Crippen LogP contribution in [0.2, 0.25) is 0 Å². The van der Waals surface area contributed by atoms with Crippen molar-refractivity contribution in [2.75, 3.05) is 6.54 Å². The quantitative estimate of drug-likeness (QED) is 0.746. The zero-order valence-corrected chi connectivity index (χ0v) is 13.4. The Kier molecular flexibility index (Phi) is 6.09. The molecule has 1 aliphatic carbocycles. The van der Waals surface area contributed by atoms with Gasteiger partial charge in [0.05, 0.1) is 0 Å². The van der Waals surface area contributed by atoms with E-state index >= 15 is 0 Å². The third kappa shape index (κ3) is 4.63. The van der Waals surface area contributed by atoms with E-state index in [1.54, 1.807) is 0 Å². The fraction of sp³-hybridized carbons (Fsp3) is 0.684. The van der Waals surface area contributed by atoms with Gasteiger partial charge in [0, 0.05) is 12.6 Å². The van der Waals surface area contributed by atoms with Gasteiger partial charge in [0.1, 0.15) is 0 Å². The van der Waals surface area contributed by atoms with Gasteiger partial charge in [-0.2, -0.15) is 0 Å². The third-order valence-electron chi connectivity index (χ3n) is 4.92. The summed E-state index contributed by atoms with van der Waals surface area (Å²) in [5.41, 5.74) is 1.48. The summed E-state index contributed by atoms with van der Waals surface area (Å²) >= 11 is 0. The van der Waals surface area contributed by atoms with Crippen LogP contribution < -0.4 is 5.32 Å². The molecule has 1 fully saturated rings. The zero-order valence-electron chi connectivity index (χ0n) is 13.4. The van der Waals surface area contributed by atoms with E-state index in [2.05, 4.69) is 56.4 Å². The van der Waals surface area contributed by atoms with Gasteiger partial charge in [-0.05, 0) is 42.6 Å². The van der Waals surface area contributed by atoms with Gasteiger partial charge >= 0.3 is 0 Å². The Hall–Kier alpha value is -0.820. The van der Waals surface area contributed by atoms with Crippen LogP contribution in [0.25, 0.3) is 0 Å². The Labute approximate surface area is 125 Å². The smallest absolute Gasteiger partial charge is 0.00674 e. The number of hydrogen-bond acceptors (Lipinski definition) is 1. The average Bonchev–Trinajstić information content (AvgIpc) is 2.65. The second kappa shape index (κ2) is 7.83. The van der Waals surface area contributed by atoms with Gasteiger partial charge in [0.2, 0.25) is 0 Å². The summed E-state index contributed by atoms with van der Waals surface area (Å²) in [5, 5.41) is 3.86. The maximum Gasteiger partial charge on any atom is 0.00674 e. The summed E-state index contributed by atoms with van der Waals surface area (Å²) in [5.74, 6) is 2.25. The molecule has 0 aliphatic heterocycles. The van der Waals surface area contributed by atoms with Crippen LogP contribution >= 0.6 is 0 Å². The Morgan fingerprint density at radius 1 is 1.05 bits per heavy atom. The van der Waals surface area contributed by atoms with Gasteiger partial charge in [-0.1, -0.05) is 63.9 Å². The molecule has 1 heteroatoms. The Morgan fingerprint density at radius 2 is 1.80 bits per heavy atom. The van der Waals surface area contributed by atoms with Gasteiger partial charge < -0.3 is 5.32 Å². The minimum atomic E-state index is 0.636. The van der Waals surface area contributed by atoms with Crippen molar-refractivity contribution in [2.24, 2.45) is 11.8 Å². The van der Waals surface area contributed by atoms with E-state index in [1.165, 1.54) is 37.7 Å². The van der Waals surface area contributed by atoms with Crippen molar-refractivity contribution in [1.29, 1.82) is 0 Å². The molecule has 0 aromatic heterocycles. The van der Waals surface area contributed by atoms with Gasteiger partial charge in [-0.15, -0.1) is 0 Å². The number of rotatable bonds is 5. The molecule has 3 atom stereocenters. The van der Waals surface area contributed by atoms with E-state index < -0.39 is 0 Å². The largest absolute Gasteiger partial charge is 0.313 e. The number of benzene rings is 1. The monoisotopic (exact) mass is 273 g/mol. The second-order valence-corrected chi connectivity index (χ2v) is 6.98. The minimum Gasteiger partial charge on any atom is -0.313 e. The maximum absolute atomic E-state index is 3.86. The van der Waals surface area contributed by atoms with Crippen molar-refractivity contribution in [3.8, 4) is 0 Å². The molecule has 1 nitrogen and oxygen atoms in total. The molecule has 0 bridgehead atoms. The highest BCUT2D eigenvalue weighted by molar-refractivity contribution is 5.20. The first-order chi connectivity index (χ1) is 9.66. The summed E-state index contributed by atoms with van der Waals surface area (Å²) in [6, 6.07) is 11.7. The Morgan fingerprint density at radius 3 is 2.50 bits per heavy atom. The van der Waals surface area contributed by atoms with Crippen molar-refractivity contribution in [2.45, 2.75) is 64.8 Å². The summed E-state index contributed by atoms with van der Waals surface area (Å²) in [6.07, 6.45) is 6.95. The highest BCUT2D eigenvalue weighted by Crippen LogP contribution is 2.26. The van der Waals surface area contributed by atoms with Crippen LogP contribution in [0.15, 0.2) is 30.3 Å². The number of nitrogens with one attached hydrogen (secondary N) is 1. The topological polar surface area (TPSA) is 12.0 Å². The molecule has 1 saturated carbocycles. The first kappa shape index (κ1) is 15.6. The molecule has 20 heavy (non-hydrogen) atoms. The van der Waals surface area contributed by atoms with E-state index in [-0.39, 0.29) is 0 Å². The summed E-state index contributed by atoms with van der Waals surface area (Å²) in [4.78, 5) is 0. The third-order valence-corrected chi connectivity index (χ3v) is 4.92. The van der Waals surface area contributed by atoms with Crippen LogP contribution in [0.5, 0.6) is 0 Å². The summed E-state index contributed by atoms with van der Waals surface area (Å²) in [7, 11) is 0. The van der Waals surface area contributed by atoms with E-state index in [4.69, 9.17) is 0 Å². The van der Waals surface area contributed by atoms with Gasteiger partial charge in [-0.3, -0.25) is 0 Å². The second-order valence-electron chi connectivity index (χ2n) is 6.98. The van der Waals surface area contributed by atoms with Crippen LogP contribution in [-0.4, -0.2) is 12.6 Å². The lowest BCUT2D eigenvalue weighted by atomic mass is 9.88. The molecular weight excluding hydrogens is 242 g/mol. The van der Waals surface area contributed by atoms with E-state index in [1.807, 2.05) is 0 Å². The van der Waals surface area contributed by atoms with Crippen molar-refractivity contribution < 1.29 is 0 Å². The van der Waals surface area contributed by atoms with Crippen molar-refractivity contribution >= 4 is 0 Å². The summed E-state index contributed by atoms with van der Waals surface area (Å²) in [6.45, 7) is 8.22. The zero-order chi connectivity index (χ0) is 14.4. The van der Waals surface area contributed by atoms with Gasteiger partial charge in [0.15, 0.2) is 0 Å². The lowest BCUT2D eigenvalue weighted by Crippen LogP contribution is -2.33. The molecular formula is C19H31N. The Balaban J connectivity index is 1.89. The first-order valence-corrected chi connectivity index (χ1v) is 8.45. The molecule has 0 spiro atoms. The minimum absolute atomic E-state index is 0.636. The molecule has 0 saturated heterocycles. The van der Waals surface area contributed by atoms with Gasteiger partial charge in [0.25, 0.3) is 0 Å².